The van der Waals surface area contributed by atoms with Crippen LogP contribution in [0.1, 0.15) is 11.1 Å². The smallest absolute Gasteiger partial charge is 0.0400 e. The highest BCUT2D eigenvalue weighted by molar-refractivity contribution is 5.48. The predicted molar refractivity (Wildman–Crippen MR) is 65.4 cm³/mol. The Balaban J connectivity index is 1.87. The van der Waals surface area contributed by atoms with Crippen LogP contribution in [0, 0.1) is 6.92 Å². The van der Waals surface area contributed by atoms with Crippen LogP contribution in [0.5, 0.6) is 0 Å². The quantitative estimate of drug-likeness (QED) is 0.847. The summed E-state index contributed by atoms with van der Waals surface area (Å²) in [5.41, 5.74) is 3.58. The van der Waals surface area contributed by atoms with Crippen molar-refractivity contribution in [1.29, 1.82) is 0 Å². The molecule has 0 saturated heterocycles. The van der Waals surface area contributed by atoms with E-state index in [1.165, 1.54) is 11.1 Å². The van der Waals surface area contributed by atoms with E-state index in [1.54, 1.807) is 12.4 Å². The van der Waals surface area contributed by atoms with Crippen LogP contribution >= 0.6 is 0 Å². The van der Waals surface area contributed by atoms with E-state index in [1.807, 2.05) is 24.5 Å². The third kappa shape index (κ3) is 2.79. The Kier molecular flexibility index (Phi) is 3.49. The lowest BCUT2D eigenvalue weighted by Gasteiger charge is -2.08. The summed E-state index contributed by atoms with van der Waals surface area (Å²) in [7, 11) is 0. The molecule has 82 valence electrons. The van der Waals surface area contributed by atoms with E-state index in [0.29, 0.717) is 0 Å². The number of aryl methyl sites for hydroxylation is 1. The van der Waals surface area contributed by atoms with E-state index < -0.39 is 0 Å². The summed E-state index contributed by atoms with van der Waals surface area (Å²) in [6.07, 6.45) is 8.35. The largest absolute Gasteiger partial charge is 0.384 e. The number of hydrogen-bond donors (Lipinski definition) is 1. The number of nitrogens with zero attached hydrogens (tertiary/aromatic N) is 2. The summed E-state index contributed by atoms with van der Waals surface area (Å²) in [6.45, 7) is 2.97. The molecule has 16 heavy (non-hydrogen) atoms. The molecule has 0 aliphatic carbocycles. The average molecular weight is 213 g/mol. The van der Waals surface area contributed by atoms with Crippen LogP contribution in [0.15, 0.2) is 43.0 Å². The topological polar surface area (TPSA) is 37.8 Å². The van der Waals surface area contributed by atoms with Gasteiger partial charge < -0.3 is 5.32 Å². The predicted octanol–water partition coefficient (Wildman–Crippen LogP) is 2.44. The Bertz CT molecular complexity index is 440. The van der Waals surface area contributed by atoms with Crippen molar-refractivity contribution in [2.75, 3.05) is 11.9 Å². The zero-order chi connectivity index (χ0) is 11.2. The van der Waals surface area contributed by atoms with Crippen molar-refractivity contribution in [3.63, 3.8) is 0 Å². The Morgan fingerprint density at radius 2 is 2.00 bits per heavy atom. The van der Waals surface area contributed by atoms with Crippen molar-refractivity contribution in [3.05, 3.63) is 54.1 Å². The van der Waals surface area contributed by atoms with Gasteiger partial charge in [-0.1, -0.05) is 6.07 Å². The first-order valence-electron chi connectivity index (χ1n) is 5.39. The van der Waals surface area contributed by atoms with Gasteiger partial charge in [0, 0.05) is 37.0 Å². The first-order chi connectivity index (χ1) is 7.86. The second-order valence-electron chi connectivity index (χ2n) is 3.73. The fourth-order valence-corrected chi connectivity index (χ4v) is 1.56. The molecular weight excluding hydrogens is 198 g/mol. The summed E-state index contributed by atoms with van der Waals surface area (Å²) < 4.78 is 0. The van der Waals surface area contributed by atoms with Gasteiger partial charge in [-0.15, -0.1) is 0 Å². The number of rotatable bonds is 4. The van der Waals surface area contributed by atoms with E-state index in [0.717, 1.165) is 18.7 Å². The van der Waals surface area contributed by atoms with Crippen molar-refractivity contribution in [1.82, 2.24) is 9.97 Å². The van der Waals surface area contributed by atoms with Crippen LogP contribution in [0.2, 0.25) is 0 Å². The van der Waals surface area contributed by atoms with Crippen molar-refractivity contribution < 1.29 is 0 Å². The molecule has 0 aliphatic heterocycles. The molecule has 2 aromatic heterocycles. The maximum Gasteiger partial charge on any atom is 0.0400 e. The Hall–Kier alpha value is -1.90. The molecule has 0 bridgehead atoms. The molecule has 0 spiro atoms. The van der Waals surface area contributed by atoms with Crippen LogP contribution in [0.4, 0.5) is 5.69 Å². The Morgan fingerprint density at radius 3 is 2.75 bits per heavy atom. The minimum absolute atomic E-state index is 0.913. The van der Waals surface area contributed by atoms with Crippen molar-refractivity contribution in [2.24, 2.45) is 0 Å². The van der Waals surface area contributed by atoms with Crippen LogP contribution in [0.3, 0.4) is 0 Å². The number of hydrogen-bond acceptors (Lipinski definition) is 3. The van der Waals surface area contributed by atoms with Gasteiger partial charge in [0.25, 0.3) is 0 Å². The van der Waals surface area contributed by atoms with Gasteiger partial charge in [0.05, 0.1) is 0 Å². The summed E-state index contributed by atoms with van der Waals surface area (Å²) in [4.78, 5) is 8.15. The average Bonchev–Trinajstić information content (AvgIpc) is 2.33. The first kappa shape index (κ1) is 10.6. The molecule has 0 unspecified atom stereocenters. The molecule has 0 atom stereocenters. The lowest BCUT2D eigenvalue weighted by molar-refractivity contribution is 1.00. The summed E-state index contributed by atoms with van der Waals surface area (Å²) >= 11 is 0. The molecule has 0 radical (unpaired) electrons. The monoisotopic (exact) mass is 213 g/mol. The highest BCUT2D eigenvalue weighted by Gasteiger charge is 1.96. The van der Waals surface area contributed by atoms with E-state index in [9.17, 15) is 0 Å². The van der Waals surface area contributed by atoms with Crippen LogP contribution < -0.4 is 5.32 Å². The molecule has 2 rings (SSSR count). The van der Waals surface area contributed by atoms with Gasteiger partial charge in [-0.05, 0) is 36.6 Å². The van der Waals surface area contributed by atoms with Gasteiger partial charge in [0.15, 0.2) is 0 Å². The zero-order valence-corrected chi connectivity index (χ0v) is 9.35. The lowest BCUT2D eigenvalue weighted by Crippen LogP contribution is -2.06. The molecular formula is C13H15N3. The lowest BCUT2D eigenvalue weighted by atomic mass is 10.2. The fraction of sp³-hybridized carbons (Fsp3) is 0.231. The van der Waals surface area contributed by atoms with E-state index >= 15 is 0 Å². The molecule has 2 aromatic rings. The van der Waals surface area contributed by atoms with Crippen LogP contribution in [0.25, 0.3) is 0 Å². The molecule has 0 aromatic carbocycles. The second-order valence-corrected chi connectivity index (χ2v) is 3.73. The molecule has 0 fully saturated rings. The van der Waals surface area contributed by atoms with Gasteiger partial charge in [0.2, 0.25) is 0 Å². The Morgan fingerprint density at radius 1 is 1.12 bits per heavy atom. The minimum Gasteiger partial charge on any atom is -0.384 e. The zero-order valence-electron chi connectivity index (χ0n) is 9.35. The van der Waals surface area contributed by atoms with Gasteiger partial charge >= 0.3 is 0 Å². The number of pyridine rings is 2. The van der Waals surface area contributed by atoms with Gasteiger partial charge in [-0.2, -0.15) is 0 Å². The summed E-state index contributed by atoms with van der Waals surface area (Å²) in [5.74, 6) is 0. The van der Waals surface area contributed by atoms with E-state index in [2.05, 4.69) is 28.3 Å². The maximum atomic E-state index is 4.09. The third-order valence-electron chi connectivity index (χ3n) is 2.47. The number of nitrogens with one attached hydrogen (secondary N) is 1. The SMILES string of the molecule is Cc1cnccc1NCCc1cccnc1. The number of anilines is 1. The third-order valence-corrected chi connectivity index (χ3v) is 2.47. The molecule has 0 saturated carbocycles. The Labute approximate surface area is 95.6 Å². The van der Waals surface area contributed by atoms with Crippen molar-refractivity contribution in [3.8, 4) is 0 Å². The number of aromatic nitrogens is 2. The minimum atomic E-state index is 0.913. The second kappa shape index (κ2) is 5.26. The molecule has 1 N–H and O–H groups in total. The fourth-order valence-electron chi connectivity index (χ4n) is 1.56. The first-order valence-corrected chi connectivity index (χ1v) is 5.39. The molecule has 3 heteroatoms. The highest BCUT2D eigenvalue weighted by atomic mass is 14.9. The van der Waals surface area contributed by atoms with Gasteiger partial charge in [-0.3, -0.25) is 9.97 Å². The molecule has 3 nitrogen and oxygen atoms in total. The molecule has 0 aliphatic rings. The van der Waals surface area contributed by atoms with Crippen molar-refractivity contribution >= 4 is 5.69 Å². The molecule has 2 heterocycles. The van der Waals surface area contributed by atoms with Crippen LogP contribution in [-0.2, 0) is 6.42 Å². The summed E-state index contributed by atoms with van der Waals surface area (Å²) in [6, 6.07) is 6.06. The van der Waals surface area contributed by atoms with Gasteiger partial charge in [0.1, 0.15) is 0 Å². The summed E-state index contributed by atoms with van der Waals surface area (Å²) in [5, 5.41) is 3.39. The van der Waals surface area contributed by atoms with E-state index in [4.69, 9.17) is 0 Å². The standard InChI is InChI=1S/C13H15N3/c1-11-9-15-7-5-13(11)16-8-4-12-3-2-6-14-10-12/h2-3,5-7,9-10H,4,8H2,1H3,(H,15,16). The van der Waals surface area contributed by atoms with Gasteiger partial charge in [-0.25, -0.2) is 0 Å². The van der Waals surface area contributed by atoms with Crippen molar-refractivity contribution in [2.45, 2.75) is 13.3 Å². The molecule has 0 amide bonds. The van der Waals surface area contributed by atoms with E-state index in [-0.39, 0.29) is 0 Å². The maximum absolute atomic E-state index is 4.09. The normalized spacial score (nSPS) is 10.1. The highest BCUT2D eigenvalue weighted by Crippen LogP contribution is 2.11. The van der Waals surface area contributed by atoms with Crippen LogP contribution in [-0.4, -0.2) is 16.5 Å².